The Hall–Kier alpha value is -1.63. The maximum Gasteiger partial charge on any atom is 0.267 e. The van der Waals surface area contributed by atoms with Crippen LogP contribution in [0.3, 0.4) is 0 Å². The van der Waals surface area contributed by atoms with Gasteiger partial charge in [0.05, 0.1) is 4.90 Å². The third-order valence-electron chi connectivity index (χ3n) is 3.03. The van der Waals surface area contributed by atoms with Crippen LogP contribution in [0.5, 0.6) is 0 Å². The molecule has 2 atom stereocenters. The minimum atomic E-state index is -3.55. The van der Waals surface area contributed by atoms with Crippen molar-refractivity contribution in [3.05, 3.63) is 54.3 Å². The van der Waals surface area contributed by atoms with E-state index in [0.717, 1.165) is 10.0 Å². The summed E-state index contributed by atoms with van der Waals surface area (Å²) in [5, 5.41) is 0. The number of benzene rings is 1. The third kappa shape index (κ3) is 2.30. The zero-order valence-electron chi connectivity index (χ0n) is 10.4. The highest BCUT2D eigenvalue weighted by Gasteiger charge is 2.49. The van der Waals surface area contributed by atoms with E-state index < -0.39 is 16.3 Å². The van der Waals surface area contributed by atoms with E-state index >= 15 is 0 Å². The van der Waals surface area contributed by atoms with Crippen LogP contribution in [0.1, 0.15) is 0 Å². The Morgan fingerprint density at radius 3 is 2.68 bits per heavy atom. The van der Waals surface area contributed by atoms with Crippen LogP contribution in [0.4, 0.5) is 0 Å². The second-order valence-electron chi connectivity index (χ2n) is 4.53. The van der Waals surface area contributed by atoms with Gasteiger partial charge in [-0.3, -0.25) is 4.84 Å². The molecule has 0 amide bonds. The van der Waals surface area contributed by atoms with E-state index in [-0.39, 0.29) is 4.90 Å². The summed E-state index contributed by atoms with van der Waals surface area (Å²) in [5.74, 6) is 0. The molecule has 0 N–H and O–H groups in total. The maximum absolute atomic E-state index is 12.3. The Balaban J connectivity index is 1.80. The predicted molar refractivity (Wildman–Crippen MR) is 70.2 cm³/mol. The number of allylic oxidation sites excluding steroid dienone is 2. The van der Waals surface area contributed by atoms with E-state index in [2.05, 4.69) is 0 Å². The quantitative estimate of drug-likeness (QED) is 0.783. The average Bonchev–Trinajstić information content (AvgIpc) is 3.21. The van der Waals surface area contributed by atoms with Gasteiger partial charge in [-0.25, -0.2) is 8.42 Å². The molecule has 2 aliphatic heterocycles. The van der Waals surface area contributed by atoms with Gasteiger partial charge in [-0.15, -0.1) is 0 Å². The first-order valence-corrected chi connectivity index (χ1v) is 7.37. The minimum absolute atomic E-state index is 0.248. The van der Waals surface area contributed by atoms with E-state index in [0.29, 0.717) is 6.54 Å². The fraction of sp³-hybridized carbons (Fsp3) is 0.231. The first-order chi connectivity index (χ1) is 9.09. The largest absolute Gasteiger partial charge is 0.376 e. The molecule has 6 heteroatoms. The summed E-state index contributed by atoms with van der Waals surface area (Å²) in [5.41, 5.74) is 0.935. The lowest BCUT2D eigenvalue weighted by molar-refractivity contribution is 0.285. The van der Waals surface area contributed by atoms with Gasteiger partial charge in [-0.1, -0.05) is 24.3 Å². The van der Waals surface area contributed by atoms with Crippen LogP contribution in [-0.2, 0) is 14.9 Å². The molecule has 2 unspecified atom stereocenters. The summed E-state index contributed by atoms with van der Waals surface area (Å²) in [7, 11) is -1.62. The average molecular weight is 278 g/mol. The number of rotatable bonds is 3. The predicted octanol–water partition coefficient (Wildman–Crippen LogP) is 1.33. The van der Waals surface area contributed by atoms with Gasteiger partial charge in [0.2, 0.25) is 0 Å². The lowest BCUT2D eigenvalue weighted by Gasteiger charge is -2.18. The van der Waals surface area contributed by atoms with E-state index in [1.807, 2.05) is 30.3 Å². The molecule has 1 saturated heterocycles. The molecule has 0 aliphatic carbocycles. The lowest BCUT2D eigenvalue weighted by atomic mass is 10.2. The molecule has 0 saturated carbocycles. The Bertz CT molecular complexity index is 637. The summed E-state index contributed by atoms with van der Waals surface area (Å²) in [4.78, 5) is 7.47. The Kier molecular flexibility index (Phi) is 2.93. The topological polar surface area (TPSA) is 52.9 Å². The van der Waals surface area contributed by atoms with Gasteiger partial charge in [-0.05, 0) is 34.5 Å². The smallest absolute Gasteiger partial charge is 0.267 e. The van der Waals surface area contributed by atoms with Gasteiger partial charge in [0.15, 0.2) is 6.23 Å². The first-order valence-electron chi connectivity index (χ1n) is 5.93. The molecule has 100 valence electrons. The molecular weight excluding hydrogens is 264 g/mol. The molecule has 1 aromatic rings. The first kappa shape index (κ1) is 12.4. The highest BCUT2D eigenvalue weighted by atomic mass is 32.2. The van der Waals surface area contributed by atoms with Crippen molar-refractivity contribution in [1.29, 1.82) is 0 Å². The van der Waals surface area contributed by atoms with Gasteiger partial charge in [-0.2, -0.15) is 0 Å². The zero-order valence-corrected chi connectivity index (χ0v) is 11.2. The van der Waals surface area contributed by atoms with Crippen LogP contribution in [0, 0.1) is 0 Å². The fourth-order valence-electron chi connectivity index (χ4n) is 2.02. The van der Waals surface area contributed by atoms with Crippen molar-refractivity contribution >= 4 is 10.0 Å². The Labute approximate surface area is 112 Å². The summed E-state index contributed by atoms with van der Waals surface area (Å²) in [6.07, 6.45) is 5.23. The van der Waals surface area contributed by atoms with E-state index in [1.165, 1.54) is 0 Å². The minimum Gasteiger partial charge on any atom is -0.376 e. The second kappa shape index (κ2) is 4.48. The summed E-state index contributed by atoms with van der Waals surface area (Å²) >= 11 is 0. The maximum atomic E-state index is 12.3. The molecule has 1 aromatic carbocycles. The van der Waals surface area contributed by atoms with Crippen molar-refractivity contribution in [2.45, 2.75) is 11.1 Å². The highest BCUT2D eigenvalue weighted by Crippen LogP contribution is 2.35. The van der Waals surface area contributed by atoms with Gasteiger partial charge >= 0.3 is 0 Å². The van der Waals surface area contributed by atoms with Gasteiger partial charge in [0, 0.05) is 13.6 Å². The van der Waals surface area contributed by atoms with Crippen molar-refractivity contribution in [2.24, 2.45) is 0 Å². The van der Waals surface area contributed by atoms with Gasteiger partial charge in [0.1, 0.15) is 0 Å². The second-order valence-corrected chi connectivity index (χ2v) is 6.31. The molecule has 0 aromatic heterocycles. The summed E-state index contributed by atoms with van der Waals surface area (Å²) in [6.45, 7) is 0.669. The van der Waals surface area contributed by atoms with E-state index in [1.54, 1.807) is 30.3 Å². The molecule has 0 bridgehead atoms. The van der Waals surface area contributed by atoms with Crippen LogP contribution >= 0.6 is 0 Å². The van der Waals surface area contributed by atoms with Crippen LogP contribution in [0.2, 0.25) is 0 Å². The molecule has 3 rings (SSSR count). The Morgan fingerprint density at radius 2 is 2.00 bits per heavy atom. The SMILES string of the molecule is CN1C=CC=C(C2ON2S(=O)(=O)c2ccccc2)C1. The van der Waals surface area contributed by atoms with Gasteiger partial charge in [0.25, 0.3) is 10.0 Å². The highest BCUT2D eigenvalue weighted by molar-refractivity contribution is 7.89. The molecule has 2 heterocycles. The standard InChI is InChI=1S/C13H14N2O3S/c1-14-9-5-6-11(10-14)13-15(18-13)19(16,17)12-7-3-2-4-8-12/h2-9,13H,10H2,1H3. The summed E-state index contributed by atoms with van der Waals surface area (Å²) < 4.78 is 25.6. The van der Waals surface area contributed by atoms with Crippen molar-refractivity contribution in [1.82, 2.24) is 9.37 Å². The van der Waals surface area contributed by atoms with Crippen LogP contribution in [-0.4, -0.2) is 37.6 Å². The molecule has 5 nitrogen and oxygen atoms in total. The molecule has 19 heavy (non-hydrogen) atoms. The number of hydroxylamine groups is 1. The van der Waals surface area contributed by atoms with Crippen LogP contribution in [0.25, 0.3) is 0 Å². The fourth-order valence-corrected chi connectivity index (χ4v) is 3.31. The molecule has 1 fully saturated rings. The number of nitrogens with zero attached hydrogens (tertiary/aromatic N) is 2. The zero-order chi connectivity index (χ0) is 13.5. The van der Waals surface area contributed by atoms with Gasteiger partial charge < -0.3 is 4.90 Å². The number of likely N-dealkylation sites (N-methyl/N-ethyl adjacent to an activating group) is 1. The monoisotopic (exact) mass is 278 g/mol. The number of hydrogen-bond acceptors (Lipinski definition) is 4. The number of hydrogen-bond donors (Lipinski definition) is 0. The van der Waals surface area contributed by atoms with Crippen molar-refractivity contribution in [3.63, 3.8) is 0 Å². The molecule has 2 aliphatic rings. The molecule has 0 spiro atoms. The van der Waals surface area contributed by atoms with Crippen molar-refractivity contribution < 1.29 is 13.3 Å². The number of sulfonamides is 1. The van der Waals surface area contributed by atoms with E-state index in [9.17, 15) is 8.42 Å². The molecule has 0 radical (unpaired) electrons. The molecular formula is C13H14N2O3S. The van der Waals surface area contributed by atoms with Crippen LogP contribution in [0.15, 0.2) is 59.2 Å². The third-order valence-corrected chi connectivity index (χ3v) is 4.65. The van der Waals surface area contributed by atoms with Crippen LogP contribution < -0.4 is 0 Å². The summed E-state index contributed by atoms with van der Waals surface area (Å²) in [6, 6.07) is 8.30. The van der Waals surface area contributed by atoms with Crippen molar-refractivity contribution in [3.8, 4) is 0 Å². The van der Waals surface area contributed by atoms with Crippen molar-refractivity contribution in [2.75, 3.05) is 13.6 Å². The normalized spacial score (nSPS) is 26.2. The lowest BCUT2D eigenvalue weighted by Crippen LogP contribution is -2.22. The Morgan fingerprint density at radius 1 is 1.26 bits per heavy atom. The van der Waals surface area contributed by atoms with E-state index in [4.69, 9.17) is 4.84 Å².